The number of hydrogen-bond donors (Lipinski definition) is 2. The summed E-state index contributed by atoms with van der Waals surface area (Å²) in [4.78, 5) is 11.4. The zero-order chi connectivity index (χ0) is 11.4. The molecule has 2 N–H and O–H groups in total. The lowest BCUT2D eigenvalue weighted by molar-refractivity contribution is 0.262. The Bertz CT molecular complexity index is 488. The van der Waals surface area contributed by atoms with E-state index in [9.17, 15) is 9.18 Å². The summed E-state index contributed by atoms with van der Waals surface area (Å²) in [6.45, 7) is 0. The molecule has 1 heterocycles. The molecular weight excluding hydrogens is 231 g/mol. The molecule has 0 spiro atoms. The van der Waals surface area contributed by atoms with Crippen molar-refractivity contribution in [2.75, 3.05) is 10.6 Å². The maximum atomic E-state index is 13.2. The molecule has 0 aliphatic carbocycles. The van der Waals surface area contributed by atoms with Crippen molar-refractivity contribution in [2.45, 2.75) is 0 Å². The van der Waals surface area contributed by atoms with Crippen LogP contribution in [0.3, 0.4) is 0 Å². The molecule has 16 heavy (non-hydrogen) atoms. The first-order chi connectivity index (χ1) is 7.75. The average Bonchev–Trinajstić information content (AvgIpc) is 2.74. The molecule has 0 bridgehead atoms. The number of anilines is 2. The van der Waals surface area contributed by atoms with E-state index in [1.54, 1.807) is 12.1 Å². The minimum absolute atomic E-state index is 0.115. The molecule has 1 aromatic heterocycles. The molecule has 0 saturated carbocycles. The van der Waals surface area contributed by atoms with Gasteiger partial charge in [0.05, 0.1) is 5.69 Å². The second-order valence-corrected chi connectivity index (χ2v) is 3.64. The number of nitrogens with one attached hydrogen (secondary N) is 2. The SMILES string of the molecule is O=C(Nc1nncs1)Nc1ccccc1F. The third-order valence-corrected chi connectivity index (χ3v) is 2.31. The second-order valence-electron chi connectivity index (χ2n) is 2.80. The van der Waals surface area contributed by atoms with Gasteiger partial charge >= 0.3 is 6.03 Å². The first-order valence-corrected chi connectivity index (χ1v) is 5.22. The van der Waals surface area contributed by atoms with E-state index < -0.39 is 11.8 Å². The van der Waals surface area contributed by atoms with Crippen molar-refractivity contribution in [2.24, 2.45) is 0 Å². The summed E-state index contributed by atoms with van der Waals surface area (Å²) in [5, 5.41) is 12.3. The van der Waals surface area contributed by atoms with Crippen LogP contribution in [0.4, 0.5) is 20.0 Å². The van der Waals surface area contributed by atoms with Gasteiger partial charge in [-0.1, -0.05) is 23.5 Å². The summed E-state index contributed by atoms with van der Waals surface area (Å²) in [5.74, 6) is -0.491. The number of carbonyl (C=O) groups excluding carboxylic acids is 1. The van der Waals surface area contributed by atoms with Crippen LogP contribution in [0.5, 0.6) is 0 Å². The minimum atomic E-state index is -0.554. The molecule has 0 aliphatic heterocycles. The highest BCUT2D eigenvalue weighted by molar-refractivity contribution is 7.13. The monoisotopic (exact) mass is 238 g/mol. The molecular formula is C9H7FN4OS. The van der Waals surface area contributed by atoms with Gasteiger partial charge in [-0.25, -0.2) is 9.18 Å². The number of carbonyl (C=O) groups is 1. The number of amides is 2. The van der Waals surface area contributed by atoms with E-state index in [0.717, 1.165) is 0 Å². The molecule has 0 aliphatic rings. The van der Waals surface area contributed by atoms with E-state index >= 15 is 0 Å². The Morgan fingerprint density at radius 1 is 1.31 bits per heavy atom. The number of benzene rings is 1. The fourth-order valence-electron chi connectivity index (χ4n) is 1.04. The van der Waals surface area contributed by atoms with Gasteiger partial charge in [-0.05, 0) is 12.1 Å². The molecule has 2 aromatic rings. The highest BCUT2D eigenvalue weighted by Gasteiger charge is 2.07. The maximum Gasteiger partial charge on any atom is 0.325 e. The van der Waals surface area contributed by atoms with E-state index in [4.69, 9.17) is 0 Å². The first-order valence-electron chi connectivity index (χ1n) is 4.34. The summed E-state index contributed by atoms with van der Waals surface area (Å²) < 4.78 is 13.2. The van der Waals surface area contributed by atoms with Crippen LogP contribution in [0.2, 0.25) is 0 Å². The summed E-state index contributed by atoms with van der Waals surface area (Å²) in [7, 11) is 0. The Morgan fingerprint density at radius 3 is 2.81 bits per heavy atom. The number of urea groups is 1. The Morgan fingerprint density at radius 2 is 2.12 bits per heavy atom. The Balaban J connectivity index is 2.00. The summed E-state index contributed by atoms with van der Waals surface area (Å²) >= 11 is 1.18. The van der Waals surface area contributed by atoms with Gasteiger partial charge in [-0.15, -0.1) is 10.2 Å². The van der Waals surface area contributed by atoms with Crippen molar-refractivity contribution in [3.05, 3.63) is 35.6 Å². The van der Waals surface area contributed by atoms with Crippen LogP contribution in [-0.2, 0) is 0 Å². The molecule has 0 atom stereocenters. The van der Waals surface area contributed by atoms with Crippen LogP contribution in [0.15, 0.2) is 29.8 Å². The Kier molecular flexibility index (Phi) is 3.06. The summed E-state index contributed by atoms with van der Waals surface area (Å²) in [5.41, 5.74) is 1.60. The van der Waals surface area contributed by atoms with Gasteiger partial charge in [0.2, 0.25) is 5.13 Å². The lowest BCUT2D eigenvalue weighted by Gasteiger charge is -2.05. The van der Waals surface area contributed by atoms with Gasteiger partial charge in [-0.2, -0.15) is 0 Å². The average molecular weight is 238 g/mol. The molecule has 2 amide bonds. The molecule has 82 valence electrons. The van der Waals surface area contributed by atoms with Crippen molar-refractivity contribution in [1.29, 1.82) is 0 Å². The second kappa shape index (κ2) is 4.67. The molecule has 2 rings (SSSR count). The number of aromatic nitrogens is 2. The van der Waals surface area contributed by atoms with Crippen molar-refractivity contribution in [3.63, 3.8) is 0 Å². The molecule has 7 heteroatoms. The minimum Gasteiger partial charge on any atom is -0.305 e. The predicted molar refractivity (Wildman–Crippen MR) is 59.0 cm³/mol. The summed E-state index contributed by atoms with van der Waals surface area (Å²) in [6.07, 6.45) is 0. The summed E-state index contributed by atoms with van der Waals surface area (Å²) in [6, 6.07) is 5.35. The molecule has 0 fully saturated rings. The van der Waals surface area contributed by atoms with Gasteiger partial charge in [0, 0.05) is 0 Å². The van der Waals surface area contributed by atoms with Crippen LogP contribution < -0.4 is 10.6 Å². The largest absolute Gasteiger partial charge is 0.325 e. The van der Waals surface area contributed by atoms with E-state index in [0.29, 0.717) is 5.13 Å². The maximum absolute atomic E-state index is 13.2. The van der Waals surface area contributed by atoms with Gasteiger partial charge in [-0.3, -0.25) is 5.32 Å². The zero-order valence-electron chi connectivity index (χ0n) is 7.98. The lowest BCUT2D eigenvalue weighted by atomic mass is 10.3. The van der Waals surface area contributed by atoms with Crippen molar-refractivity contribution < 1.29 is 9.18 Å². The van der Waals surface area contributed by atoms with Gasteiger partial charge in [0.15, 0.2) is 0 Å². The fraction of sp³-hybridized carbons (Fsp3) is 0. The number of rotatable bonds is 2. The number of halogens is 1. The molecule has 1 aromatic carbocycles. The number of para-hydroxylation sites is 1. The molecule has 0 saturated heterocycles. The fourth-order valence-corrected chi connectivity index (χ4v) is 1.48. The topological polar surface area (TPSA) is 66.9 Å². The van der Waals surface area contributed by atoms with Gasteiger partial charge in [0.1, 0.15) is 11.3 Å². The third kappa shape index (κ3) is 2.51. The zero-order valence-corrected chi connectivity index (χ0v) is 8.79. The molecule has 0 radical (unpaired) electrons. The molecule has 0 unspecified atom stereocenters. The van der Waals surface area contributed by atoms with Crippen LogP contribution in [0.25, 0.3) is 0 Å². The van der Waals surface area contributed by atoms with E-state index in [1.165, 1.54) is 29.0 Å². The van der Waals surface area contributed by atoms with Crippen molar-refractivity contribution >= 4 is 28.2 Å². The first kappa shape index (κ1) is 10.5. The smallest absolute Gasteiger partial charge is 0.305 e. The Labute approximate surface area is 94.3 Å². The standard InChI is InChI=1S/C9H7FN4OS/c10-6-3-1-2-4-7(6)12-8(15)13-9-14-11-5-16-9/h1-5H,(H2,12,13,14,15). The van der Waals surface area contributed by atoms with E-state index in [-0.39, 0.29) is 5.69 Å². The predicted octanol–water partition coefficient (Wildman–Crippen LogP) is 2.32. The highest BCUT2D eigenvalue weighted by Crippen LogP contribution is 2.13. The highest BCUT2D eigenvalue weighted by atomic mass is 32.1. The number of hydrogen-bond acceptors (Lipinski definition) is 4. The van der Waals surface area contributed by atoms with Crippen LogP contribution in [0.1, 0.15) is 0 Å². The normalized spacial score (nSPS) is 9.81. The van der Waals surface area contributed by atoms with Crippen LogP contribution in [0, 0.1) is 5.82 Å². The van der Waals surface area contributed by atoms with Gasteiger partial charge in [0.25, 0.3) is 0 Å². The van der Waals surface area contributed by atoms with Crippen molar-refractivity contribution in [1.82, 2.24) is 10.2 Å². The van der Waals surface area contributed by atoms with Gasteiger partial charge < -0.3 is 5.32 Å². The van der Waals surface area contributed by atoms with Crippen LogP contribution in [-0.4, -0.2) is 16.2 Å². The van der Waals surface area contributed by atoms with E-state index in [2.05, 4.69) is 20.8 Å². The van der Waals surface area contributed by atoms with E-state index in [1.807, 2.05) is 0 Å². The lowest BCUT2D eigenvalue weighted by Crippen LogP contribution is -2.19. The molecule has 5 nitrogen and oxygen atoms in total. The van der Waals surface area contributed by atoms with Crippen molar-refractivity contribution in [3.8, 4) is 0 Å². The third-order valence-electron chi connectivity index (χ3n) is 1.70. The quantitative estimate of drug-likeness (QED) is 0.843. The Hall–Kier alpha value is -2.02. The van der Waals surface area contributed by atoms with Crippen LogP contribution >= 0.6 is 11.3 Å². The number of nitrogens with zero attached hydrogens (tertiary/aromatic N) is 2.